The molecule has 0 bridgehead atoms. The highest BCUT2D eigenvalue weighted by Gasteiger charge is 2.48. The molecule has 1 aromatic heterocycles. The Balaban J connectivity index is 1.33. The number of benzene rings is 2. The van der Waals surface area contributed by atoms with Crippen LogP contribution in [0.3, 0.4) is 0 Å². The maximum absolute atomic E-state index is 12.8. The molecule has 7 heteroatoms. The van der Waals surface area contributed by atoms with Crippen LogP contribution in [0.15, 0.2) is 48.8 Å². The maximum Gasteiger partial charge on any atom is 0.251 e. The van der Waals surface area contributed by atoms with Gasteiger partial charge in [0.05, 0.1) is 25.5 Å². The fourth-order valence-corrected chi connectivity index (χ4v) is 4.18. The first kappa shape index (κ1) is 18.3. The van der Waals surface area contributed by atoms with Crippen LogP contribution in [-0.2, 0) is 21.3 Å². The lowest BCUT2D eigenvalue weighted by molar-refractivity contribution is -0.00817. The second kappa shape index (κ2) is 7.26. The monoisotopic (exact) mass is 393 g/mol. The summed E-state index contributed by atoms with van der Waals surface area (Å²) in [6.45, 7) is 0.927. The molecule has 2 saturated heterocycles. The molecule has 1 amide bonds. The predicted molar refractivity (Wildman–Crippen MR) is 108 cm³/mol. The van der Waals surface area contributed by atoms with Gasteiger partial charge >= 0.3 is 0 Å². The van der Waals surface area contributed by atoms with Gasteiger partial charge in [-0.1, -0.05) is 18.2 Å². The number of aromatic nitrogens is 2. The summed E-state index contributed by atoms with van der Waals surface area (Å²) in [6.07, 6.45) is 3.48. The fraction of sp³-hybridized carbons (Fsp3) is 0.364. The normalized spacial score (nSPS) is 26.0. The number of aryl methyl sites for hydroxylation is 1. The topological polar surface area (TPSA) is 74.6 Å². The van der Waals surface area contributed by atoms with E-state index in [9.17, 15) is 4.79 Å². The number of hydrogen-bond acceptors (Lipinski definition) is 5. The Kier molecular flexibility index (Phi) is 4.58. The number of nitrogens with one attached hydrogen (secondary N) is 1. The van der Waals surface area contributed by atoms with E-state index in [-0.39, 0.29) is 30.3 Å². The molecule has 2 aliphatic rings. The standard InChI is InChI=1S/C22H23N3O4/c1-25-10-17(9-23-25)15-4-3-14-8-16(6-5-13(14)7-15)22(26)24-18-11-28-21-19(27-2)12-29-20(18)21/h3-10,18-21H,11-12H2,1-2H3,(H,24,26)/t18-,19-,20-,21-/m1/s1. The van der Waals surface area contributed by atoms with Crippen LogP contribution in [0.2, 0.25) is 0 Å². The second-order valence-corrected chi connectivity index (χ2v) is 7.63. The van der Waals surface area contributed by atoms with Crippen LogP contribution in [0.5, 0.6) is 0 Å². The molecule has 2 aliphatic heterocycles. The van der Waals surface area contributed by atoms with E-state index in [1.165, 1.54) is 0 Å². The highest BCUT2D eigenvalue weighted by Crippen LogP contribution is 2.29. The number of methoxy groups -OCH3 is 1. The van der Waals surface area contributed by atoms with Crippen LogP contribution in [0.1, 0.15) is 10.4 Å². The summed E-state index contributed by atoms with van der Waals surface area (Å²) in [5.41, 5.74) is 2.79. The predicted octanol–water partition coefficient (Wildman–Crippen LogP) is 2.15. The molecule has 2 aromatic carbocycles. The first-order chi connectivity index (χ1) is 14.1. The largest absolute Gasteiger partial charge is 0.376 e. The molecule has 4 atom stereocenters. The van der Waals surface area contributed by atoms with Gasteiger partial charge in [0.25, 0.3) is 5.91 Å². The van der Waals surface area contributed by atoms with Crippen molar-refractivity contribution < 1.29 is 19.0 Å². The Morgan fingerprint density at radius 3 is 2.69 bits per heavy atom. The maximum atomic E-state index is 12.8. The van der Waals surface area contributed by atoms with Crippen molar-refractivity contribution in [3.63, 3.8) is 0 Å². The number of amides is 1. The van der Waals surface area contributed by atoms with Crippen LogP contribution >= 0.6 is 0 Å². The van der Waals surface area contributed by atoms with E-state index in [0.717, 1.165) is 21.9 Å². The molecule has 0 unspecified atom stereocenters. The van der Waals surface area contributed by atoms with Crippen LogP contribution in [0, 0.1) is 0 Å². The smallest absolute Gasteiger partial charge is 0.251 e. The van der Waals surface area contributed by atoms with Gasteiger partial charge in [-0.2, -0.15) is 5.10 Å². The van der Waals surface area contributed by atoms with E-state index in [1.54, 1.807) is 11.8 Å². The van der Waals surface area contributed by atoms with Crippen molar-refractivity contribution in [1.29, 1.82) is 0 Å². The summed E-state index contributed by atoms with van der Waals surface area (Å²) < 4.78 is 18.7. The van der Waals surface area contributed by atoms with E-state index < -0.39 is 0 Å². The van der Waals surface area contributed by atoms with Crippen molar-refractivity contribution in [2.24, 2.45) is 7.05 Å². The fourth-order valence-electron chi connectivity index (χ4n) is 4.18. The molecule has 0 saturated carbocycles. The molecule has 150 valence electrons. The van der Waals surface area contributed by atoms with Gasteiger partial charge in [0.1, 0.15) is 18.3 Å². The Morgan fingerprint density at radius 1 is 1.10 bits per heavy atom. The molecule has 0 radical (unpaired) electrons. The summed E-state index contributed by atoms with van der Waals surface area (Å²) in [7, 11) is 3.56. The summed E-state index contributed by atoms with van der Waals surface area (Å²) in [5.74, 6) is -0.123. The molecule has 1 N–H and O–H groups in total. The van der Waals surface area contributed by atoms with Gasteiger partial charge in [-0.25, -0.2) is 0 Å². The Hall–Kier alpha value is -2.74. The van der Waals surface area contributed by atoms with Gasteiger partial charge in [0.15, 0.2) is 0 Å². The highest BCUT2D eigenvalue weighted by molar-refractivity contribution is 5.99. The van der Waals surface area contributed by atoms with Crippen molar-refractivity contribution in [3.05, 3.63) is 54.4 Å². The van der Waals surface area contributed by atoms with E-state index >= 15 is 0 Å². The van der Waals surface area contributed by atoms with Crippen molar-refractivity contribution in [1.82, 2.24) is 15.1 Å². The SMILES string of the molecule is CO[C@@H]1CO[C@H]2[C@@H]1OC[C@H]2NC(=O)c1ccc2cc(-c3cnn(C)c3)ccc2c1. The summed E-state index contributed by atoms with van der Waals surface area (Å²) in [6, 6.07) is 11.8. The van der Waals surface area contributed by atoms with Crippen molar-refractivity contribution in [3.8, 4) is 11.1 Å². The van der Waals surface area contributed by atoms with Crippen LogP contribution < -0.4 is 5.32 Å². The third kappa shape index (κ3) is 3.31. The third-order valence-corrected chi connectivity index (χ3v) is 5.77. The van der Waals surface area contributed by atoms with Crippen LogP contribution in [0.4, 0.5) is 0 Å². The minimum atomic E-state index is -0.170. The molecule has 0 spiro atoms. The van der Waals surface area contributed by atoms with Gasteiger partial charge in [0.2, 0.25) is 0 Å². The van der Waals surface area contributed by atoms with Crippen LogP contribution in [0.25, 0.3) is 21.9 Å². The van der Waals surface area contributed by atoms with Gasteiger partial charge in [-0.15, -0.1) is 0 Å². The zero-order valence-corrected chi connectivity index (χ0v) is 16.4. The van der Waals surface area contributed by atoms with Crippen molar-refractivity contribution >= 4 is 16.7 Å². The summed E-state index contributed by atoms with van der Waals surface area (Å²) in [4.78, 5) is 12.8. The molecule has 29 heavy (non-hydrogen) atoms. The third-order valence-electron chi connectivity index (χ3n) is 5.77. The molecule has 3 heterocycles. The minimum Gasteiger partial charge on any atom is -0.376 e. The molecule has 0 aliphatic carbocycles. The quantitative estimate of drug-likeness (QED) is 0.735. The molecule has 3 aromatic rings. The van der Waals surface area contributed by atoms with Gasteiger partial charge in [0, 0.05) is 31.5 Å². The first-order valence-electron chi connectivity index (χ1n) is 9.72. The lowest BCUT2D eigenvalue weighted by Crippen LogP contribution is -2.44. The Bertz CT molecular complexity index is 1060. The van der Waals surface area contributed by atoms with E-state index in [0.29, 0.717) is 18.8 Å². The summed E-state index contributed by atoms with van der Waals surface area (Å²) in [5, 5.41) is 9.38. The molecule has 5 rings (SSSR count). The Morgan fingerprint density at radius 2 is 1.90 bits per heavy atom. The van der Waals surface area contributed by atoms with Gasteiger partial charge < -0.3 is 19.5 Å². The number of nitrogens with zero attached hydrogens (tertiary/aromatic N) is 2. The summed E-state index contributed by atoms with van der Waals surface area (Å²) >= 11 is 0. The van der Waals surface area contributed by atoms with E-state index in [2.05, 4.69) is 16.5 Å². The van der Waals surface area contributed by atoms with Crippen LogP contribution in [-0.4, -0.2) is 60.4 Å². The lowest BCUT2D eigenvalue weighted by atomic mass is 10.0. The van der Waals surface area contributed by atoms with Crippen molar-refractivity contribution in [2.45, 2.75) is 24.4 Å². The van der Waals surface area contributed by atoms with Crippen molar-refractivity contribution in [2.75, 3.05) is 20.3 Å². The number of rotatable bonds is 4. The lowest BCUT2D eigenvalue weighted by Gasteiger charge is -2.17. The van der Waals surface area contributed by atoms with E-state index in [4.69, 9.17) is 14.2 Å². The average molecular weight is 393 g/mol. The van der Waals surface area contributed by atoms with Gasteiger partial charge in [-0.05, 0) is 34.5 Å². The second-order valence-electron chi connectivity index (χ2n) is 7.63. The van der Waals surface area contributed by atoms with Gasteiger partial charge in [-0.3, -0.25) is 9.48 Å². The zero-order valence-electron chi connectivity index (χ0n) is 16.4. The molecule has 2 fully saturated rings. The zero-order chi connectivity index (χ0) is 20.0. The molecular weight excluding hydrogens is 370 g/mol. The number of ether oxygens (including phenoxy) is 3. The molecule has 7 nitrogen and oxygen atoms in total. The average Bonchev–Trinajstić information content (AvgIpc) is 3.44. The minimum absolute atomic E-state index is 0.0726. The molecular formula is C22H23N3O4. The van der Waals surface area contributed by atoms with E-state index in [1.807, 2.05) is 49.8 Å². The number of carbonyl (C=O) groups is 1. The first-order valence-corrected chi connectivity index (χ1v) is 9.72. The number of fused-ring (bicyclic) bond motifs is 2. The number of hydrogen-bond donors (Lipinski definition) is 1. The Labute approximate surface area is 168 Å². The number of carbonyl (C=O) groups excluding carboxylic acids is 1. The highest BCUT2D eigenvalue weighted by atomic mass is 16.6.